The number of aromatic hydroxyl groups is 1. The highest BCUT2D eigenvalue weighted by atomic mass is 32.2. The highest BCUT2D eigenvalue weighted by Crippen LogP contribution is 2.36. The number of oxime groups is 1. The summed E-state index contributed by atoms with van der Waals surface area (Å²) in [4.78, 5) is 4.66. The summed E-state index contributed by atoms with van der Waals surface area (Å²) in [6.45, 7) is 4.53. The number of thiophene rings is 1. The van der Waals surface area contributed by atoms with Crippen LogP contribution in [0.4, 0.5) is 5.69 Å². The molecule has 29 heavy (non-hydrogen) atoms. The van der Waals surface area contributed by atoms with Crippen molar-refractivity contribution in [3.8, 4) is 5.75 Å². The van der Waals surface area contributed by atoms with E-state index in [9.17, 15) is 18.7 Å². The van der Waals surface area contributed by atoms with Gasteiger partial charge in [-0.15, -0.1) is 11.3 Å². The number of sulfone groups is 1. The SMILES string of the molecule is O=S1(=O)c2sccc2/C(=N/O)CC1CCCN1CCN(c2ccc(O)cc2)CC1. The first-order chi connectivity index (χ1) is 14.0. The van der Waals surface area contributed by atoms with Crippen LogP contribution in [0.3, 0.4) is 0 Å². The van der Waals surface area contributed by atoms with E-state index in [2.05, 4.69) is 15.0 Å². The molecule has 1 aromatic carbocycles. The molecule has 2 aliphatic heterocycles. The number of hydrogen-bond donors (Lipinski definition) is 2. The zero-order valence-electron chi connectivity index (χ0n) is 16.1. The van der Waals surface area contributed by atoms with Gasteiger partial charge in [-0.05, 0) is 55.1 Å². The lowest BCUT2D eigenvalue weighted by molar-refractivity contribution is 0.252. The predicted molar refractivity (Wildman–Crippen MR) is 114 cm³/mol. The fourth-order valence-electron chi connectivity index (χ4n) is 4.10. The second-order valence-electron chi connectivity index (χ2n) is 7.53. The van der Waals surface area contributed by atoms with Crippen LogP contribution in [0.5, 0.6) is 5.75 Å². The standard InChI is InChI=1S/C20H25N3O4S2/c24-16-5-3-15(4-6-16)23-11-9-22(10-12-23)8-1-2-17-14-19(21-25)18-7-13-28-20(18)29(17,26)27/h3-7,13,17,24-25H,1-2,8-12,14H2/b21-19+. The maximum Gasteiger partial charge on any atom is 0.191 e. The van der Waals surface area contributed by atoms with Gasteiger partial charge in [0.1, 0.15) is 9.96 Å². The first kappa shape index (κ1) is 20.2. The van der Waals surface area contributed by atoms with Crippen LogP contribution in [-0.4, -0.2) is 67.3 Å². The van der Waals surface area contributed by atoms with E-state index in [0.29, 0.717) is 21.9 Å². The third-order valence-corrected chi connectivity index (χ3v) is 9.48. The maximum atomic E-state index is 12.9. The van der Waals surface area contributed by atoms with Gasteiger partial charge in [0.25, 0.3) is 0 Å². The highest BCUT2D eigenvalue weighted by Gasteiger charge is 2.38. The molecule has 0 bridgehead atoms. The Kier molecular flexibility index (Phi) is 5.80. The number of phenolic OH excluding ortho intramolecular Hbond substituents is 1. The molecule has 1 saturated heterocycles. The van der Waals surface area contributed by atoms with E-state index in [1.165, 1.54) is 11.3 Å². The molecule has 9 heteroatoms. The third-order valence-electron chi connectivity index (χ3n) is 5.77. The van der Waals surface area contributed by atoms with E-state index in [1.54, 1.807) is 23.6 Å². The molecule has 2 aromatic rings. The number of rotatable bonds is 5. The molecular formula is C20H25N3O4S2. The lowest BCUT2D eigenvalue weighted by Crippen LogP contribution is -2.46. The molecule has 0 aliphatic carbocycles. The van der Waals surface area contributed by atoms with Crippen LogP contribution >= 0.6 is 11.3 Å². The smallest absolute Gasteiger partial charge is 0.191 e. The Labute approximate surface area is 174 Å². The largest absolute Gasteiger partial charge is 0.508 e. The van der Waals surface area contributed by atoms with E-state index >= 15 is 0 Å². The third kappa shape index (κ3) is 4.12. The van der Waals surface area contributed by atoms with E-state index in [4.69, 9.17) is 0 Å². The van der Waals surface area contributed by atoms with Crippen molar-refractivity contribution >= 4 is 32.6 Å². The number of phenols is 1. The van der Waals surface area contributed by atoms with Crippen molar-refractivity contribution in [2.24, 2.45) is 5.16 Å². The minimum absolute atomic E-state index is 0.272. The molecule has 0 spiro atoms. The summed E-state index contributed by atoms with van der Waals surface area (Å²) in [5.41, 5.74) is 2.14. The molecule has 1 atom stereocenters. The molecule has 1 unspecified atom stereocenters. The van der Waals surface area contributed by atoms with Gasteiger partial charge in [0.15, 0.2) is 9.84 Å². The summed E-state index contributed by atoms with van der Waals surface area (Å²) in [5, 5.41) is 23.3. The van der Waals surface area contributed by atoms with Crippen LogP contribution < -0.4 is 4.90 Å². The normalized spacial score (nSPS) is 23.2. The molecule has 0 amide bonds. The van der Waals surface area contributed by atoms with Crippen molar-refractivity contribution in [3.05, 3.63) is 41.3 Å². The Morgan fingerprint density at radius 2 is 1.83 bits per heavy atom. The molecule has 2 aliphatic rings. The minimum Gasteiger partial charge on any atom is -0.508 e. The minimum atomic E-state index is -3.35. The lowest BCUT2D eigenvalue weighted by atomic mass is 10.1. The predicted octanol–water partition coefficient (Wildman–Crippen LogP) is 2.78. The highest BCUT2D eigenvalue weighted by molar-refractivity contribution is 7.94. The average Bonchev–Trinajstić information content (AvgIpc) is 3.22. The van der Waals surface area contributed by atoms with Crippen LogP contribution in [0.2, 0.25) is 0 Å². The van der Waals surface area contributed by atoms with Crippen molar-refractivity contribution in [1.29, 1.82) is 0 Å². The maximum absolute atomic E-state index is 12.9. The van der Waals surface area contributed by atoms with Crippen molar-refractivity contribution < 1.29 is 18.7 Å². The zero-order valence-corrected chi connectivity index (χ0v) is 17.7. The summed E-state index contributed by atoms with van der Waals surface area (Å²) in [6, 6.07) is 8.98. The lowest BCUT2D eigenvalue weighted by Gasteiger charge is -2.36. The van der Waals surface area contributed by atoms with Gasteiger partial charge in [0.05, 0.1) is 11.0 Å². The summed E-state index contributed by atoms with van der Waals surface area (Å²) < 4.78 is 26.1. The Bertz CT molecular complexity index is 977. The van der Waals surface area contributed by atoms with Crippen LogP contribution in [0.1, 0.15) is 24.8 Å². The summed E-state index contributed by atoms with van der Waals surface area (Å²) >= 11 is 1.20. The Hall–Kier alpha value is -2.10. The number of benzene rings is 1. The number of nitrogens with zero attached hydrogens (tertiary/aromatic N) is 3. The number of fused-ring (bicyclic) bond motifs is 1. The second kappa shape index (κ2) is 8.33. The molecule has 1 aromatic heterocycles. The van der Waals surface area contributed by atoms with E-state index in [0.717, 1.165) is 44.8 Å². The van der Waals surface area contributed by atoms with Gasteiger partial charge in [-0.25, -0.2) is 8.42 Å². The first-order valence-corrected chi connectivity index (χ1v) is 12.2. The van der Waals surface area contributed by atoms with Gasteiger partial charge >= 0.3 is 0 Å². The molecule has 2 N–H and O–H groups in total. The van der Waals surface area contributed by atoms with Crippen molar-refractivity contribution in [2.45, 2.75) is 28.7 Å². The Morgan fingerprint density at radius 3 is 2.52 bits per heavy atom. The van der Waals surface area contributed by atoms with Crippen LogP contribution in [-0.2, 0) is 9.84 Å². The van der Waals surface area contributed by atoms with Crippen LogP contribution in [0, 0.1) is 0 Å². The molecule has 3 heterocycles. The molecule has 0 radical (unpaired) electrons. The van der Waals surface area contributed by atoms with Gasteiger partial charge in [-0.1, -0.05) is 5.16 Å². The number of anilines is 1. The van der Waals surface area contributed by atoms with E-state index < -0.39 is 15.1 Å². The summed E-state index contributed by atoms with van der Waals surface area (Å²) in [5.74, 6) is 0.272. The van der Waals surface area contributed by atoms with Crippen LogP contribution in [0.15, 0.2) is 45.1 Å². The summed E-state index contributed by atoms with van der Waals surface area (Å²) in [7, 11) is -3.35. The molecule has 7 nitrogen and oxygen atoms in total. The number of piperazine rings is 1. The molecule has 0 saturated carbocycles. The van der Waals surface area contributed by atoms with Crippen molar-refractivity contribution in [3.63, 3.8) is 0 Å². The second-order valence-corrected chi connectivity index (χ2v) is 10.9. The van der Waals surface area contributed by atoms with Gasteiger partial charge < -0.3 is 15.2 Å². The van der Waals surface area contributed by atoms with Gasteiger partial charge in [-0.3, -0.25) is 4.90 Å². The molecular weight excluding hydrogens is 410 g/mol. The Morgan fingerprint density at radius 1 is 1.10 bits per heavy atom. The van der Waals surface area contributed by atoms with E-state index in [-0.39, 0.29) is 12.2 Å². The van der Waals surface area contributed by atoms with Gasteiger partial charge in [0, 0.05) is 43.9 Å². The topological polar surface area (TPSA) is 93.4 Å². The Balaban J connectivity index is 1.29. The van der Waals surface area contributed by atoms with Crippen molar-refractivity contribution in [1.82, 2.24) is 4.90 Å². The quantitative estimate of drug-likeness (QED) is 0.554. The monoisotopic (exact) mass is 435 g/mol. The first-order valence-electron chi connectivity index (χ1n) is 9.78. The molecule has 1 fully saturated rings. The van der Waals surface area contributed by atoms with E-state index in [1.807, 2.05) is 12.1 Å². The summed E-state index contributed by atoms with van der Waals surface area (Å²) in [6.07, 6.45) is 1.64. The molecule has 156 valence electrons. The fourth-order valence-corrected chi connectivity index (χ4v) is 7.51. The zero-order chi connectivity index (χ0) is 20.4. The number of hydrogen-bond acceptors (Lipinski definition) is 8. The van der Waals surface area contributed by atoms with Gasteiger partial charge in [0.2, 0.25) is 0 Å². The molecule has 4 rings (SSSR count). The van der Waals surface area contributed by atoms with Gasteiger partial charge in [-0.2, -0.15) is 0 Å². The average molecular weight is 436 g/mol. The fraction of sp³-hybridized carbons (Fsp3) is 0.450. The van der Waals surface area contributed by atoms with Crippen molar-refractivity contribution in [2.75, 3.05) is 37.6 Å². The van der Waals surface area contributed by atoms with Crippen LogP contribution in [0.25, 0.3) is 0 Å².